The highest BCUT2D eigenvalue weighted by Crippen LogP contribution is 2.30. The highest BCUT2D eigenvalue weighted by atomic mass is 35.5. The number of methoxy groups -OCH3 is 1. The molecule has 1 N–H and O–H groups in total. The number of nitrogens with one attached hydrogen (secondary N) is 1. The first-order valence-electron chi connectivity index (χ1n) is 5.99. The molecule has 0 saturated carbocycles. The summed E-state index contributed by atoms with van der Waals surface area (Å²) in [5.41, 5.74) is 2.08. The van der Waals surface area contributed by atoms with Crippen molar-refractivity contribution in [1.82, 2.24) is 15.5 Å². The topological polar surface area (TPSA) is 47.0 Å². The van der Waals surface area contributed by atoms with E-state index >= 15 is 0 Å². The predicted octanol–water partition coefficient (Wildman–Crippen LogP) is 2.90. The van der Waals surface area contributed by atoms with Gasteiger partial charge in [-0.2, -0.15) is 0 Å². The Morgan fingerprint density at radius 3 is 2.95 bits per heavy atom. The van der Waals surface area contributed by atoms with Crippen LogP contribution in [0, 0.1) is 6.92 Å². The van der Waals surface area contributed by atoms with Gasteiger partial charge in [0, 0.05) is 25.8 Å². The normalized spacial score (nSPS) is 10.9. The first kappa shape index (κ1) is 14.4. The van der Waals surface area contributed by atoms with Gasteiger partial charge in [0.25, 0.3) is 0 Å². The van der Waals surface area contributed by atoms with E-state index in [0.717, 1.165) is 32.7 Å². The van der Waals surface area contributed by atoms with E-state index in [-0.39, 0.29) is 0 Å². The molecule has 0 fully saturated rings. The van der Waals surface area contributed by atoms with E-state index in [4.69, 9.17) is 16.3 Å². The Kier molecular flexibility index (Phi) is 5.27. The second-order valence-corrected chi connectivity index (χ2v) is 5.62. The van der Waals surface area contributed by atoms with Crippen molar-refractivity contribution < 1.29 is 4.74 Å². The van der Waals surface area contributed by atoms with E-state index in [9.17, 15) is 0 Å². The van der Waals surface area contributed by atoms with Gasteiger partial charge in [-0.25, -0.2) is 0 Å². The zero-order valence-corrected chi connectivity index (χ0v) is 12.5. The SMILES string of the molecule is COCCNCc1nnc(-c2ccc(C)cc2Cl)s1. The third-order valence-electron chi connectivity index (χ3n) is 2.58. The number of halogens is 1. The summed E-state index contributed by atoms with van der Waals surface area (Å²) in [5.74, 6) is 0. The van der Waals surface area contributed by atoms with Crippen LogP contribution < -0.4 is 5.32 Å². The summed E-state index contributed by atoms with van der Waals surface area (Å²) in [6, 6.07) is 5.95. The second kappa shape index (κ2) is 6.96. The van der Waals surface area contributed by atoms with Crippen molar-refractivity contribution in [2.75, 3.05) is 20.3 Å². The van der Waals surface area contributed by atoms with Gasteiger partial charge in [0.15, 0.2) is 0 Å². The minimum Gasteiger partial charge on any atom is -0.383 e. The first-order valence-corrected chi connectivity index (χ1v) is 7.18. The fraction of sp³-hybridized carbons (Fsp3) is 0.385. The molecule has 1 heterocycles. The van der Waals surface area contributed by atoms with Crippen molar-refractivity contribution in [2.45, 2.75) is 13.5 Å². The van der Waals surface area contributed by atoms with Gasteiger partial charge in [-0.15, -0.1) is 10.2 Å². The molecule has 0 atom stereocenters. The second-order valence-electron chi connectivity index (χ2n) is 4.15. The zero-order valence-electron chi connectivity index (χ0n) is 10.9. The van der Waals surface area contributed by atoms with Crippen LogP contribution >= 0.6 is 22.9 Å². The third kappa shape index (κ3) is 3.98. The molecule has 2 aromatic rings. The van der Waals surface area contributed by atoms with E-state index in [1.807, 2.05) is 25.1 Å². The van der Waals surface area contributed by atoms with Gasteiger partial charge < -0.3 is 10.1 Å². The summed E-state index contributed by atoms with van der Waals surface area (Å²) in [6.45, 7) is 4.21. The minimum atomic E-state index is 0.690. The van der Waals surface area contributed by atoms with Gasteiger partial charge >= 0.3 is 0 Å². The van der Waals surface area contributed by atoms with E-state index in [2.05, 4.69) is 15.5 Å². The van der Waals surface area contributed by atoms with Crippen LogP contribution in [0.25, 0.3) is 10.6 Å². The molecule has 0 aliphatic rings. The van der Waals surface area contributed by atoms with Crippen LogP contribution in [-0.4, -0.2) is 30.5 Å². The molecule has 0 aliphatic carbocycles. The third-order valence-corrected chi connectivity index (χ3v) is 3.85. The number of rotatable bonds is 6. The highest BCUT2D eigenvalue weighted by molar-refractivity contribution is 7.14. The fourth-order valence-electron chi connectivity index (χ4n) is 1.60. The number of aryl methyl sites for hydroxylation is 1. The van der Waals surface area contributed by atoms with Gasteiger partial charge in [-0.3, -0.25) is 0 Å². The lowest BCUT2D eigenvalue weighted by molar-refractivity contribution is 0.199. The maximum Gasteiger partial charge on any atom is 0.149 e. The van der Waals surface area contributed by atoms with Crippen molar-refractivity contribution in [3.63, 3.8) is 0 Å². The lowest BCUT2D eigenvalue weighted by atomic mass is 10.2. The molecule has 19 heavy (non-hydrogen) atoms. The molecule has 1 aromatic heterocycles. The van der Waals surface area contributed by atoms with Crippen molar-refractivity contribution >= 4 is 22.9 Å². The van der Waals surface area contributed by atoms with Crippen LogP contribution in [0.2, 0.25) is 5.02 Å². The van der Waals surface area contributed by atoms with E-state index < -0.39 is 0 Å². The lowest BCUT2D eigenvalue weighted by Gasteiger charge is -2.01. The molecule has 0 aliphatic heterocycles. The van der Waals surface area contributed by atoms with Gasteiger partial charge in [-0.1, -0.05) is 35.1 Å². The smallest absolute Gasteiger partial charge is 0.149 e. The molecular formula is C13H16ClN3OS. The Morgan fingerprint density at radius 2 is 2.21 bits per heavy atom. The van der Waals surface area contributed by atoms with Crippen LogP contribution in [0.5, 0.6) is 0 Å². The number of ether oxygens (including phenoxy) is 1. The van der Waals surface area contributed by atoms with Crippen LogP contribution in [0.4, 0.5) is 0 Å². The molecule has 0 radical (unpaired) electrons. The summed E-state index contributed by atoms with van der Waals surface area (Å²) in [6.07, 6.45) is 0. The first-order chi connectivity index (χ1) is 9.20. The van der Waals surface area contributed by atoms with E-state index in [1.54, 1.807) is 18.4 Å². The number of hydrogen-bond acceptors (Lipinski definition) is 5. The Hall–Kier alpha value is -1.01. The molecule has 0 saturated heterocycles. The Labute approximate surface area is 121 Å². The quantitative estimate of drug-likeness (QED) is 0.833. The largest absolute Gasteiger partial charge is 0.383 e. The molecule has 6 heteroatoms. The Bertz CT molecular complexity index is 544. The summed E-state index contributed by atoms with van der Waals surface area (Å²) in [4.78, 5) is 0. The summed E-state index contributed by atoms with van der Waals surface area (Å²) in [5, 5.41) is 14.1. The molecule has 2 rings (SSSR count). The number of aromatic nitrogens is 2. The fourth-order valence-corrected chi connectivity index (χ4v) is 2.83. The maximum absolute atomic E-state index is 6.23. The molecule has 0 spiro atoms. The standard InChI is InChI=1S/C13H16ClN3OS/c1-9-3-4-10(11(14)7-9)13-17-16-12(19-13)8-15-5-6-18-2/h3-4,7,15H,5-6,8H2,1-2H3. The van der Waals surface area contributed by atoms with Crippen molar-refractivity contribution in [1.29, 1.82) is 0 Å². The molecular weight excluding hydrogens is 282 g/mol. The van der Waals surface area contributed by atoms with Crippen LogP contribution in [0.3, 0.4) is 0 Å². The number of hydrogen-bond donors (Lipinski definition) is 1. The molecule has 4 nitrogen and oxygen atoms in total. The minimum absolute atomic E-state index is 0.690. The lowest BCUT2D eigenvalue weighted by Crippen LogP contribution is -2.18. The molecule has 0 amide bonds. The highest BCUT2D eigenvalue weighted by Gasteiger charge is 2.09. The molecule has 0 unspecified atom stereocenters. The van der Waals surface area contributed by atoms with E-state index in [0.29, 0.717) is 13.2 Å². The van der Waals surface area contributed by atoms with Crippen LogP contribution in [0.15, 0.2) is 18.2 Å². The predicted molar refractivity (Wildman–Crippen MR) is 78.7 cm³/mol. The maximum atomic E-state index is 6.23. The number of benzene rings is 1. The molecule has 0 bridgehead atoms. The summed E-state index contributed by atoms with van der Waals surface area (Å²) in [7, 11) is 1.68. The summed E-state index contributed by atoms with van der Waals surface area (Å²) < 4.78 is 4.97. The average molecular weight is 298 g/mol. The molecule has 102 valence electrons. The Balaban J connectivity index is 2.04. The van der Waals surface area contributed by atoms with Gasteiger partial charge in [0.2, 0.25) is 0 Å². The molecule has 1 aromatic carbocycles. The van der Waals surface area contributed by atoms with Gasteiger partial charge in [0.05, 0.1) is 11.6 Å². The Morgan fingerprint density at radius 1 is 1.37 bits per heavy atom. The van der Waals surface area contributed by atoms with Crippen molar-refractivity contribution in [3.05, 3.63) is 33.8 Å². The van der Waals surface area contributed by atoms with Gasteiger partial charge in [-0.05, 0) is 18.6 Å². The van der Waals surface area contributed by atoms with E-state index in [1.165, 1.54) is 0 Å². The monoisotopic (exact) mass is 297 g/mol. The zero-order chi connectivity index (χ0) is 13.7. The van der Waals surface area contributed by atoms with Crippen molar-refractivity contribution in [2.24, 2.45) is 0 Å². The van der Waals surface area contributed by atoms with Crippen molar-refractivity contribution in [3.8, 4) is 10.6 Å². The van der Waals surface area contributed by atoms with Crippen LogP contribution in [0.1, 0.15) is 10.6 Å². The van der Waals surface area contributed by atoms with Gasteiger partial charge in [0.1, 0.15) is 10.0 Å². The average Bonchev–Trinajstić information content (AvgIpc) is 2.83. The van der Waals surface area contributed by atoms with Crippen LogP contribution in [-0.2, 0) is 11.3 Å². The summed E-state index contributed by atoms with van der Waals surface area (Å²) >= 11 is 7.78. The number of nitrogens with zero attached hydrogens (tertiary/aromatic N) is 2.